The normalized spacial score (nSPS) is 14.3. The summed E-state index contributed by atoms with van der Waals surface area (Å²) in [5.41, 5.74) is 10.2. The first-order valence-corrected chi connectivity index (χ1v) is 8.32. The molecule has 2 aromatic carbocycles. The van der Waals surface area contributed by atoms with Crippen molar-refractivity contribution in [3.8, 4) is 0 Å². The number of rotatable bonds is 2. The van der Waals surface area contributed by atoms with Gasteiger partial charge >= 0.3 is 0 Å². The standard InChI is InChI=1S/C16H18N2O2S/c1-11-3-5-15(9-12(11)2)21(19,20)18-8-7-13-10-14(17)4-6-16(13)18/h3-6,9-10H,7-8,17H2,1-2H3. The number of aryl methyl sites for hydroxylation is 2. The lowest BCUT2D eigenvalue weighted by atomic mass is 10.1. The van der Waals surface area contributed by atoms with Gasteiger partial charge in [-0.05, 0) is 67.3 Å². The Morgan fingerprint density at radius 3 is 2.52 bits per heavy atom. The Hall–Kier alpha value is -2.01. The zero-order valence-corrected chi connectivity index (χ0v) is 12.9. The highest BCUT2D eigenvalue weighted by Crippen LogP contribution is 2.34. The highest BCUT2D eigenvalue weighted by Gasteiger charge is 2.30. The molecule has 2 aromatic rings. The van der Waals surface area contributed by atoms with Crippen LogP contribution < -0.4 is 10.0 Å². The van der Waals surface area contributed by atoms with Crippen LogP contribution in [0.25, 0.3) is 0 Å². The molecule has 0 radical (unpaired) electrons. The predicted octanol–water partition coefficient (Wildman–Crippen LogP) is 2.64. The number of nitrogens with zero attached hydrogens (tertiary/aromatic N) is 1. The summed E-state index contributed by atoms with van der Waals surface area (Å²) in [6.07, 6.45) is 0.699. The summed E-state index contributed by atoms with van der Waals surface area (Å²) < 4.78 is 27.2. The fourth-order valence-corrected chi connectivity index (χ4v) is 4.23. The second kappa shape index (κ2) is 4.77. The number of hydrogen-bond acceptors (Lipinski definition) is 3. The molecule has 0 fully saturated rings. The summed E-state index contributed by atoms with van der Waals surface area (Å²) in [5.74, 6) is 0. The van der Waals surface area contributed by atoms with Crippen molar-refractivity contribution in [2.75, 3.05) is 16.6 Å². The fourth-order valence-electron chi connectivity index (χ4n) is 2.64. The molecular weight excluding hydrogens is 284 g/mol. The molecule has 110 valence electrons. The minimum absolute atomic E-state index is 0.343. The van der Waals surface area contributed by atoms with Crippen molar-refractivity contribution >= 4 is 21.4 Å². The van der Waals surface area contributed by atoms with Crippen LogP contribution in [0.15, 0.2) is 41.3 Å². The van der Waals surface area contributed by atoms with Crippen molar-refractivity contribution in [3.63, 3.8) is 0 Å². The molecule has 0 aliphatic carbocycles. The number of hydrogen-bond donors (Lipinski definition) is 1. The molecule has 0 aromatic heterocycles. The van der Waals surface area contributed by atoms with E-state index in [1.165, 1.54) is 4.31 Å². The number of nitrogen functional groups attached to an aromatic ring is 1. The molecule has 21 heavy (non-hydrogen) atoms. The van der Waals surface area contributed by atoms with E-state index in [4.69, 9.17) is 5.73 Å². The Labute approximate surface area is 125 Å². The molecule has 0 unspecified atom stereocenters. The van der Waals surface area contributed by atoms with Crippen molar-refractivity contribution in [2.24, 2.45) is 0 Å². The van der Waals surface area contributed by atoms with Gasteiger partial charge in [-0.1, -0.05) is 6.07 Å². The molecule has 4 nitrogen and oxygen atoms in total. The number of benzene rings is 2. The molecule has 0 saturated heterocycles. The highest BCUT2D eigenvalue weighted by atomic mass is 32.2. The van der Waals surface area contributed by atoms with Crippen molar-refractivity contribution in [2.45, 2.75) is 25.2 Å². The lowest BCUT2D eigenvalue weighted by Gasteiger charge is -2.20. The molecule has 2 N–H and O–H groups in total. The molecule has 1 aliphatic heterocycles. The van der Waals surface area contributed by atoms with Gasteiger partial charge < -0.3 is 5.73 Å². The second-order valence-corrected chi connectivity index (χ2v) is 7.32. The maximum absolute atomic E-state index is 12.8. The van der Waals surface area contributed by atoms with Crippen LogP contribution >= 0.6 is 0 Å². The van der Waals surface area contributed by atoms with Crippen molar-refractivity contribution < 1.29 is 8.42 Å². The van der Waals surface area contributed by atoms with Gasteiger partial charge in [0.2, 0.25) is 0 Å². The summed E-state index contributed by atoms with van der Waals surface area (Å²) in [4.78, 5) is 0.343. The summed E-state index contributed by atoms with van der Waals surface area (Å²) in [6.45, 7) is 4.36. The van der Waals surface area contributed by atoms with Gasteiger partial charge in [0, 0.05) is 12.2 Å². The fraction of sp³-hybridized carbons (Fsp3) is 0.250. The molecule has 0 amide bonds. The quantitative estimate of drug-likeness (QED) is 0.867. The van der Waals surface area contributed by atoms with Crippen molar-refractivity contribution in [1.29, 1.82) is 0 Å². The first kappa shape index (κ1) is 13.9. The Balaban J connectivity index is 2.07. The van der Waals surface area contributed by atoms with Gasteiger partial charge in [0.05, 0.1) is 10.6 Å². The molecule has 5 heteroatoms. The molecule has 0 saturated carbocycles. The molecule has 0 bridgehead atoms. The molecular formula is C16H18N2O2S. The largest absolute Gasteiger partial charge is 0.399 e. The molecule has 1 heterocycles. The van der Waals surface area contributed by atoms with Crippen LogP contribution in [0.3, 0.4) is 0 Å². The van der Waals surface area contributed by atoms with Crippen LogP contribution in [0.2, 0.25) is 0 Å². The molecule has 1 aliphatic rings. The maximum Gasteiger partial charge on any atom is 0.264 e. The molecule has 0 spiro atoms. The van der Waals surface area contributed by atoms with E-state index in [0.29, 0.717) is 23.5 Å². The van der Waals surface area contributed by atoms with Crippen LogP contribution in [0.5, 0.6) is 0 Å². The third-order valence-corrected chi connectivity index (χ3v) is 5.83. The Morgan fingerprint density at radius 1 is 1.05 bits per heavy atom. The van der Waals surface area contributed by atoms with Gasteiger partial charge in [-0.2, -0.15) is 0 Å². The van der Waals surface area contributed by atoms with Crippen LogP contribution in [-0.2, 0) is 16.4 Å². The SMILES string of the molecule is Cc1ccc(S(=O)(=O)N2CCc3cc(N)ccc32)cc1C. The lowest BCUT2D eigenvalue weighted by molar-refractivity contribution is 0.592. The summed E-state index contributed by atoms with van der Waals surface area (Å²) in [5, 5.41) is 0. The predicted molar refractivity (Wildman–Crippen MR) is 85.0 cm³/mol. The highest BCUT2D eigenvalue weighted by molar-refractivity contribution is 7.92. The third-order valence-electron chi connectivity index (χ3n) is 4.02. The minimum Gasteiger partial charge on any atom is -0.399 e. The van der Waals surface area contributed by atoms with Crippen molar-refractivity contribution in [3.05, 3.63) is 53.1 Å². The Kier molecular flexibility index (Phi) is 3.17. The average Bonchev–Trinajstić information content (AvgIpc) is 2.85. The van der Waals surface area contributed by atoms with Gasteiger partial charge in [-0.15, -0.1) is 0 Å². The van der Waals surface area contributed by atoms with E-state index < -0.39 is 10.0 Å². The van der Waals surface area contributed by atoms with Gasteiger partial charge in [0.1, 0.15) is 0 Å². The summed E-state index contributed by atoms with van der Waals surface area (Å²) >= 11 is 0. The van der Waals surface area contributed by atoms with Crippen molar-refractivity contribution in [1.82, 2.24) is 0 Å². The van der Waals surface area contributed by atoms with Gasteiger partial charge in [-0.25, -0.2) is 8.42 Å². The summed E-state index contributed by atoms with van der Waals surface area (Å²) in [6, 6.07) is 10.6. The van der Waals surface area contributed by atoms with Crippen LogP contribution in [0.1, 0.15) is 16.7 Å². The Morgan fingerprint density at radius 2 is 1.81 bits per heavy atom. The van der Waals surface area contributed by atoms with Crippen LogP contribution in [-0.4, -0.2) is 15.0 Å². The molecule has 3 rings (SSSR count). The van der Waals surface area contributed by atoms with E-state index in [1.807, 2.05) is 26.0 Å². The number of sulfonamides is 1. The lowest BCUT2D eigenvalue weighted by Crippen LogP contribution is -2.29. The van der Waals surface area contributed by atoms with E-state index in [2.05, 4.69) is 0 Å². The minimum atomic E-state index is -3.51. The Bertz CT molecular complexity index is 813. The number of nitrogens with two attached hydrogens (primary N) is 1. The molecule has 0 atom stereocenters. The van der Waals surface area contributed by atoms with Gasteiger partial charge in [0.25, 0.3) is 10.0 Å². The van der Waals surface area contributed by atoms with E-state index in [9.17, 15) is 8.42 Å². The maximum atomic E-state index is 12.8. The van der Waals surface area contributed by atoms with E-state index in [1.54, 1.807) is 24.3 Å². The number of anilines is 2. The van der Waals surface area contributed by atoms with E-state index in [0.717, 1.165) is 22.4 Å². The third kappa shape index (κ3) is 2.27. The zero-order valence-electron chi connectivity index (χ0n) is 12.1. The van der Waals surface area contributed by atoms with Crippen LogP contribution in [0.4, 0.5) is 11.4 Å². The smallest absolute Gasteiger partial charge is 0.264 e. The topological polar surface area (TPSA) is 63.4 Å². The zero-order chi connectivity index (χ0) is 15.2. The number of fused-ring (bicyclic) bond motifs is 1. The van der Waals surface area contributed by atoms with Gasteiger partial charge in [0.15, 0.2) is 0 Å². The first-order chi connectivity index (χ1) is 9.89. The van der Waals surface area contributed by atoms with E-state index >= 15 is 0 Å². The van der Waals surface area contributed by atoms with E-state index in [-0.39, 0.29) is 0 Å². The van der Waals surface area contributed by atoms with Crippen LogP contribution in [0, 0.1) is 13.8 Å². The average molecular weight is 302 g/mol. The van der Waals surface area contributed by atoms with Gasteiger partial charge in [-0.3, -0.25) is 4.31 Å². The summed E-state index contributed by atoms with van der Waals surface area (Å²) in [7, 11) is -3.51. The first-order valence-electron chi connectivity index (χ1n) is 6.88. The second-order valence-electron chi connectivity index (χ2n) is 5.46. The monoisotopic (exact) mass is 302 g/mol.